The maximum absolute atomic E-state index is 6.78. The molecule has 0 fully saturated rings. The van der Waals surface area contributed by atoms with Gasteiger partial charge in [-0.2, -0.15) is 0 Å². The summed E-state index contributed by atoms with van der Waals surface area (Å²) in [6, 6.07) is 51.6. The Hall–Kier alpha value is -6.23. The normalized spacial score (nSPS) is 15.8. The summed E-state index contributed by atoms with van der Waals surface area (Å²) in [7, 11) is 0. The van der Waals surface area contributed by atoms with Gasteiger partial charge in [-0.05, 0) is 82.6 Å². The molecule has 2 N–H and O–H groups in total. The second kappa shape index (κ2) is 12.9. The van der Waals surface area contributed by atoms with Crippen LogP contribution in [0.15, 0.2) is 181 Å². The number of benzene rings is 6. The average molecular weight is 659 g/mol. The Balaban J connectivity index is 1.04. The number of nitrogens with zero attached hydrogens (tertiary/aromatic N) is 3. The first-order valence-electron chi connectivity index (χ1n) is 17.7. The first-order chi connectivity index (χ1) is 25.1. The summed E-state index contributed by atoms with van der Waals surface area (Å²) < 4.78 is 4.56. The van der Waals surface area contributed by atoms with Crippen LogP contribution < -0.4 is 5.73 Å². The van der Waals surface area contributed by atoms with Crippen LogP contribution in [0.4, 0.5) is 0 Å². The minimum absolute atomic E-state index is 0.261. The zero-order valence-corrected chi connectivity index (χ0v) is 28.5. The fourth-order valence-electron chi connectivity index (χ4n) is 7.76. The van der Waals surface area contributed by atoms with Crippen LogP contribution in [0.5, 0.6) is 0 Å². The van der Waals surface area contributed by atoms with Crippen molar-refractivity contribution >= 4 is 55.5 Å². The molecule has 51 heavy (non-hydrogen) atoms. The molecule has 6 aromatic carbocycles. The van der Waals surface area contributed by atoms with E-state index in [1.54, 1.807) is 0 Å². The van der Waals surface area contributed by atoms with Crippen LogP contribution in [0.1, 0.15) is 18.9 Å². The molecular weight excluding hydrogens is 621 g/mol. The fraction of sp³-hybridized carbons (Fsp3) is 0.0851. The Kier molecular flexibility index (Phi) is 7.79. The van der Waals surface area contributed by atoms with E-state index in [4.69, 9.17) is 10.7 Å². The molecule has 8 aromatic rings. The maximum atomic E-state index is 6.78. The molecule has 4 heteroatoms. The monoisotopic (exact) mass is 658 g/mol. The average Bonchev–Trinajstić information content (AvgIpc) is 3.67. The molecule has 2 aromatic heterocycles. The van der Waals surface area contributed by atoms with Crippen molar-refractivity contribution in [3.63, 3.8) is 0 Å². The van der Waals surface area contributed by atoms with Gasteiger partial charge >= 0.3 is 0 Å². The predicted octanol–water partition coefficient (Wildman–Crippen LogP) is 11.3. The van der Waals surface area contributed by atoms with E-state index >= 15 is 0 Å². The summed E-state index contributed by atoms with van der Waals surface area (Å²) in [5.74, 6) is 0.401. The van der Waals surface area contributed by atoms with Gasteiger partial charge in [0.2, 0.25) is 0 Å². The number of hydrogen-bond acceptors (Lipinski definition) is 2. The van der Waals surface area contributed by atoms with Crippen molar-refractivity contribution in [2.75, 3.05) is 0 Å². The largest absolute Gasteiger partial charge is 0.321 e. The van der Waals surface area contributed by atoms with Crippen LogP contribution in [0.2, 0.25) is 0 Å². The van der Waals surface area contributed by atoms with E-state index in [-0.39, 0.29) is 6.04 Å². The molecule has 2 unspecified atom stereocenters. The van der Waals surface area contributed by atoms with Crippen molar-refractivity contribution in [1.82, 2.24) is 9.13 Å². The Morgan fingerprint density at radius 2 is 1.24 bits per heavy atom. The molecule has 1 aliphatic carbocycles. The highest BCUT2D eigenvalue weighted by atomic mass is 15.0. The van der Waals surface area contributed by atoms with Crippen molar-refractivity contribution in [2.24, 2.45) is 16.6 Å². The molecule has 246 valence electrons. The van der Waals surface area contributed by atoms with Crippen LogP contribution in [0.25, 0.3) is 66.0 Å². The second-order valence-electron chi connectivity index (χ2n) is 13.6. The lowest BCUT2D eigenvalue weighted by atomic mass is 9.85. The van der Waals surface area contributed by atoms with E-state index in [1.165, 1.54) is 54.8 Å². The van der Waals surface area contributed by atoms with Crippen LogP contribution in [-0.4, -0.2) is 21.5 Å². The van der Waals surface area contributed by atoms with Crippen molar-refractivity contribution in [2.45, 2.75) is 19.4 Å². The smallest absolute Gasteiger partial charge is 0.0995 e. The third-order valence-corrected chi connectivity index (χ3v) is 10.2. The molecule has 2 heterocycles. The van der Waals surface area contributed by atoms with Crippen molar-refractivity contribution in [1.29, 1.82) is 0 Å². The molecule has 0 spiro atoms. The van der Waals surface area contributed by atoms with Gasteiger partial charge in [0.15, 0.2) is 0 Å². The number of nitrogens with two attached hydrogens (primary N) is 1. The van der Waals surface area contributed by atoms with E-state index in [0.29, 0.717) is 5.92 Å². The molecule has 4 nitrogen and oxygen atoms in total. The molecule has 0 radical (unpaired) electrons. The van der Waals surface area contributed by atoms with Crippen LogP contribution >= 0.6 is 0 Å². The quantitative estimate of drug-likeness (QED) is 0.134. The summed E-state index contributed by atoms with van der Waals surface area (Å²) in [6.07, 6.45) is 11.3. The number of aliphatic imine (C=N–C) groups is 1. The zero-order valence-electron chi connectivity index (χ0n) is 28.5. The van der Waals surface area contributed by atoms with Gasteiger partial charge in [0.05, 0.1) is 28.4 Å². The van der Waals surface area contributed by atoms with Gasteiger partial charge in [-0.3, -0.25) is 4.57 Å². The Morgan fingerprint density at radius 3 is 2.00 bits per heavy atom. The van der Waals surface area contributed by atoms with Gasteiger partial charge < -0.3 is 10.3 Å². The maximum Gasteiger partial charge on any atom is 0.0995 e. The minimum Gasteiger partial charge on any atom is -0.321 e. The lowest BCUT2D eigenvalue weighted by Gasteiger charge is -2.21. The van der Waals surface area contributed by atoms with Crippen LogP contribution in [-0.2, 0) is 0 Å². The Morgan fingerprint density at radius 1 is 0.627 bits per heavy atom. The molecular formula is C47H38N4. The number of allylic oxidation sites excluding steroid dienone is 2. The molecule has 0 saturated carbocycles. The third-order valence-electron chi connectivity index (χ3n) is 10.2. The van der Waals surface area contributed by atoms with E-state index in [9.17, 15) is 0 Å². The SMILES string of the molecule is CC1C=C(C(N)/C=C\N=C\n2c3ccccc3c3cc4c5ccccc5n(-c5ccccc5)c4cc32)C=C(c2ccc(-c3ccccc3)cc2)C1. The number of fused-ring (bicyclic) bond motifs is 6. The summed E-state index contributed by atoms with van der Waals surface area (Å²) in [5.41, 5.74) is 18.6. The highest BCUT2D eigenvalue weighted by molar-refractivity contribution is 6.20. The Bertz CT molecular complexity index is 2670. The topological polar surface area (TPSA) is 48.2 Å². The highest BCUT2D eigenvalue weighted by Crippen LogP contribution is 2.38. The second-order valence-corrected chi connectivity index (χ2v) is 13.6. The van der Waals surface area contributed by atoms with E-state index in [2.05, 4.69) is 174 Å². The molecule has 2 atom stereocenters. The van der Waals surface area contributed by atoms with Gasteiger partial charge in [-0.25, -0.2) is 4.99 Å². The number of aromatic nitrogens is 2. The highest BCUT2D eigenvalue weighted by Gasteiger charge is 2.18. The Labute approximate surface area is 297 Å². The van der Waals surface area contributed by atoms with E-state index < -0.39 is 0 Å². The van der Waals surface area contributed by atoms with Crippen molar-refractivity contribution in [3.8, 4) is 16.8 Å². The lowest BCUT2D eigenvalue weighted by molar-refractivity contribution is 0.730. The molecule has 1 aliphatic rings. The van der Waals surface area contributed by atoms with Gasteiger partial charge in [0.25, 0.3) is 0 Å². The summed E-state index contributed by atoms with van der Waals surface area (Å²) in [4.78, 5) is 4.81. The molecule has 0 bridgehead atoms. The molecule has 0 aliphatic heterocycles. The number of hydrogen-bond donors (Lipinski definition) is 1. The summed E-state index contributed by atoms with van der Waals surface area (Å²) in [5, 5.41) is 4.89. The number of para-hydroxylation sites is 3. The van der Waals surface area contributed by atoms with E-state index in [0.717, 1.165) is 28.7 Å². The van der Waals surface area contributed by atoms with E-state index in [1.807, 2.05) is 18.6 Å². The zero-order chi connectivity index (χ0) is 34.3. The predicted molar refractivity (Wildman–Crippen MR) is 217 cm³/mol. The fourth-order valence-corrected chi connectivity index (χ4v) is 7.76. The van der Waals surface area contributed by atoms with Crippen molar-refractivity contribution < 1.29 is 0 Å². The summed E-state index contributed by atoms with van der Waals surface area (Å²) in [6.45, 7) is 2.26. The van der Waals surface area contributed by atoms with Crippen LogP contribution in [0.3, 0.4) is 0 Å². The first kappa shape index (κ1) is 30.8. The third kappa shape index (κ3) is 5.60. The molecule has 0 saturated heterocycles. The van der Waals surface area contributed by atoms with Gasteiger partial charge in [0, 0.05) is 39.5 Å². The van der Waals surface area contributed by atoms with Crippen molar-refractivity contribution in [3.05, 3.63) is 181 Å². The van der Waals surface area contributed by atoms with Gasteiger partial charge in [0.1, 0.15) is 0 Å². The van der Waals surface area contributed by atoms with Gasteiger partial charge in [-0.1, -0.05) is 128 Å². The minimum atomic E-state index is -0.261. The number of rotatable bonds is 7. The lowest BCUT2D eigenvalue weighted by Crippen LogP contribution is -2.21. The summed E-state index contributed by atoms with van der Waals surface area (Å²) >= 11 is 0. The molecule has 9 rings (SSSR count). The molecule has 0 amide bonds. The van der Waals surface area contributed by atoms with Crippen LogP contribution in [0, 0.1) is 5.92 Å². The standard InChI is InChI=1S/C47H38N4/c1-32-26-36(35-22-20-34(21-23-35)33-12-4-2-5-13-33)28-37(27-32)43(48)24-25-49-31-50-44-18-10-8-16-39(44)41-29-42-40-17-9-11-19-45(40)51(47(42)30-46(41)50)38-14-6-3-7-15-38/h2-25,27-32,43H,26,48H2,1H3/b25-24-,49-31+. The van der Waals surface area contributed by atoms with Gasteiger partial charge in [-0.15, -0.1) is 0 Å². The first-order valence-corrected chi connectivity index (χ1v) is 17.7.